The van der Waals surface area contributed by atoms with Crippen molar-refractivity contribution in [1.82, 2.24) is 0 Å². The van der Waals surface area contributed by atoms with E-state index in [1.54, 1.807) is 24.3 Å². The molecule has 0 aliphatic rings. The predicted octanol–water partition coefficient (Wildman–Crippen LogP) is 6.62. The Balaban J connectivity index is 1.94. The van der Waals surface area contributed by atoms with Crippen LogP contribution in [0.2, 0.25) is 15.1 Å². The van der Waals surface area contributed by atoms with E-state index in [4.69, 9.17) is 34.8 Å². The van der Waals surface area contributed by atoms with Gasteiger partial charge in [-0.2, -0.15) is 0 Å². The lowest BCUT2D eigenvalue weighted by molar-refractivity contribution is 0.112. The number of carbonyl (C=O) groups is 1. The lowest BCUT2D eigenvalue weighted by atomic mass is 9.95. The highest BCUT2D eigenvalue weighted by Gasteiger charge is 2.13. The third-order valence-electron chi connectivity index (χ3n) is 4.17. The fourth-order valence-electron chi connectivity index (χ4n) is 2.78. The second-order valence-corrected chi connectivity index (χ2v) is 7.21. The van der Waals surface area contributed by atoms with Crippen molar-refractivity contribution in [1.29, 1.82) is 0 Å². The molecule has 0 spiro atoms. The van der Waals surface area contributed by atoms with Crippen molar-refractivity contribution in [3.05, 3.63) is 86.4 Å². The van der Waals surface area contributed by atoms with Gasteiger partial charge in [0, 0.05) is 10.6 Å². The largest absolute Gasteiger partial charge is 0.507 e. The van der Waals surface area contributed by atoms with Gasteiger partial charge in [0.05, 0.1) is 15.6 Å². The smallest absolute Gasteiger partial charge is 0.153 e. The standard InChI is InChI=1S/C21H15Cl3O2/c22-17-6-3-13(4-7-17)1-2-14-9-16(12-25)21(26)18(10-14)15-5-8-19(23)20(24)11-15/h3-12,26H,1-2H2. The quantitative estimate of drug-likeness (QED) is 0.484. The zero-order valence-electron chi connectivity index (χ0n) is 13.7. The van der Waals surface area contributed by atoms with Crippen LogP contribution < -0.4 is 0 Å². The minimum atomic E-state index is -0.0615. The van der Waals surface area contributed by atoms with E-state index in [2.05, 4.69) is 0 Å². The van der Waals surface area contributed by atoms with Crippen molar-refractivity contribution in [2.45, 2.75) is 12.8 Å². The molecule has 0 aliphatic carbocycles. The number of hydrogen-bond donors (Lipinski definition) is 1. The first-order valence-electron chi connectivity index (χ1n) is 7.99. The van der Waals surface area contributed by atoms with Crippen LogP contribution in [0.5, 0.6) is 5.75 Å². The van der Waals surface area contributed by atoms with Gasteiger partial charge in [-0.1, -0.05) is 53.0 Å². The number of hydrogen-bond acceptors (Lipinski definition) is 2. The lowest BCUT2D eigenvalue weighted by Gasteiger charge is -2.12. The first-order chi connectivity index (χ1) is 12.5. The Morgan fingerprint density at radius 1 is 0.808 bits per heavy atom. The van der Waals surface area contributed by atoms with Crippen molar-refractivity contribution in [2.75, 3.05) is 0 Å². The molecule has 3 rings (SSSR count). The SMILES string of the molecule is O=Cc1cc(CCc2ccc(Cl)cc2)cc(-c2ccc(Cl)c(Cl)c2)c1O. The number of phenols is 1. The molecule has 26 heavy (non-hydrogen) atoms. The predicted molar refractivity (Wildman–Crippen MR) is 108 cm³/mol. The van der Waals surface area contributed by atoms with E-state index < -0.39 is 0 Å². The van der Waals surface area contributed by atoms with E-state index in [1.165, 1.54) is 0 Å². The van der Waals surface area contributed by atoms with Crippen molar-refractivity contribution in [3.8, 4) is 16.9 Å². The number of aromatic hydroxyl groups is 1. The van der Waals surface area contributed by atoms with Gasteiger partial charge in [0.25, 0.3) is 0 Å². The maximum Gasteiger partial charge on any atom is 0.153 e. The van der Waals surface area contributed by atoms with E-state index in [9.17, 15) is 9.90 Å². The Morgan fingerprint density at radius 2 is 1.50 bits per heavy atom. The van der Waals surface area contributed by atoms with E-state index in [0.717, 1.165) is 24.0 Å². The minimum absolute atomic E-state index is 0.0615. The van der Waals surface area contributed by atoms with E-state index in [0.29, 0.717) is 32.5 Å². The molecule has 3 aromatic carbocycles. The van der Waals surface area contributed by atoms with Crippen LogP contribution in [-0.4, -0.2) is 11.4 Å². The topological polar surface area (TPSA) is 37.3 Å². The molecule has 0 atom stereocenters. The van der Waals surface area contributed by atoms with E-state index in [1.807, 2.05) is 30.3 Å². The Kier molecular flexibility index (Phi) is 5.87. The normalized spacial score (nSPS) is 10.7. The zero-order chi connectivity index (χ0) is 18.7. The molecule has 5 heteroatoms. The van der Waals surface area contributed by atoms with E-state index >= 15 is 0 Å². The average Bonchev–Trinajstić information content (AvgIpc) is 2.64. The molecule has 2 nitrogen and oxygen atoms in total. The first kappa shape index (κ1) is 18.8. The molecular formula is C21H15Cl3O2. The number of phenolic OH excluding ortho intramolecular Hbond substituents is 1. The molecule has 0 unspecified atom stereocenters. The van der Waals surface area contributed by atoms with Gasteiger partial charge in [-0.05, 0) is 65.9 Å². The Labute approximate surface area is 167 Å². The third-order valence-corrected chi connectivity index (χ3v) is 5.16. The summed E-state index contributed by atoms with van der Waals surface area (Å²) < 4.78 is 0. The highest BCUT2D eigenvalue weighted by molar-refractivity contribution is 6.42. The van der Waals surface area contributed by atoms with Crippen LogP contribution in [0.25, 0.3) is 11.1 Å². The monoisotopic (exact) mass is 404 g/mol. The summed E-state index contributed by atoms with van der Waals surface area (Å²) in [6.07, 6.45) is 2.17. The van der Waals surface area contributed by atoms with Gasteiger partial charge in [0.1, 0.15) is 5.75 Å². The summed E-state index contributed by atoms with van der Waals surface area (Å²) in [5, 5.41) is 11.9. The molecule has 132 valence electrons. The van der Waals surface area contributed by atoms with E-state index in [-0.39, 0.29) is 11.3 Å². The fourth-order valence-corrected chi connectivity index (χ4v) is 3.20. The van der Waals surface area contributed by atoms with Gasteiger partial charge < -0.3 is 5.11 Å². The highest BCUT2D eigenvalue weighted by atomic mass is 35.5. The van der Waals surface area contributed by atoms with Crippen LogP contribution in [-0.2, 0) is 12.8 Å². The first-order valence-corrected chi connectivity index (χ1v) is 9.12. The number of carbonyl (C=O) groups excluding carboxylic acids is 1. The van der Waals surface area contributed by atoms with Crippen LogP contribution in [0.1, 0.15) is 21.5 Å². The number of aryl methyl sites for hydroxylation is 2. The van der Waals surface area contributed by atoms with Crippen LogP contribution >= 0.6 is 34.8 Å². The molecule has 3 aromatic rings. The van der Waals surface area contributed by atoms with Gasteiger partial charge in [0.2, 0.25) is 0 Å². The summed E-state index contributed by atoms with van der Waals surface area (Å²) in [6.45, 7) is 0. The maximum absolute atomic E-state index is 11.4. The second kappa shape index (κ2) is 8.13. The molecule has 0 fully saturated rings. The summed E-state index contributed by atoms with van der Waals surface area (Å²) in [5.41, 5.74) is 3.60. The van der Waals surface area contributed by atoms with Gasteiger partial charge in [0.15, 0.2) is 6.29 Å². The van der Waals surface area contributed by atoms with Crippen LogP contribution in [0.15, 0.2) is 54.6 Å². The van der Waals surface area contributed by atoms with Gasteiger partial charge in [-0.15, -0.1) is 0 Å². The summed E-state index contributed by atoms with van der Waals surface area (Å²) in [4.78, 5) is 11.4. The summed E-state index contributed by atoms with van der Waals surface area (Å²) in [7, 11) is 0. The molecular weight excluding hydrogens is 391 g/mol. The average molecular weight is 406 g/mol. The number of benzene rings is 3. The number of halogens is 3. The number of rotatable bonds is 5. The molecule has 0 amide bonds. The Hall–Kier alpha value is -2.00. The van der Waals surface area contributed by atoms with Gasteiger partial charge >= 0.3 is 0 Å². The fraction of sp³-hybridized carbons (Fsp3) is 0.0952. The zero-order valence-corrected chi connectivity index (χ0v) is 15.9. The second-order valence-electron chi connectivity index (χ2n) is 5.95. The number of aldehydes is 1. The van der Waals surface area contributed by atoms with Crippen LogP contribution in [0.3, 0.4) is 0 Å². The van der Waals surface area contributed by atoms with Gasteiger partial charge in [-0.25, -0.2) is 0 Å². The minimum Gasteiger partial charge on any atom is -0.507 e. The molecule has 0 saturated carbocycles. The third kappa shape index (κ3) is 4.21. The molecule has 0 radical (unpaired) electrons. The van der Waals surface area contributed by atoms with Crippen molar-refractivity contribution in [2.24, 2.45) is 0 Å². The molecule has 0 saturated heterocycles. The summed E-state index contributed by atoms with van der Waals surface area (Å²) in [6, 6.07) is 16.3. The Bertz CT molecular complexity index is 950. The summed E-state index contributed by atoms with van der Waals surface area (Å²) in [5.74, 6) is -0.0615. The summed E-state index contributed by atoms with van der Waals surface area (Å²) >= 11 is 18.0. The highest BCUT2D eigenvalue weighted by Crippen LogP contribution is 2.36. The van der Waals surface area contributed by atoms with Crippen molar-refractivity contribution >= 4 is 41.1 Å². The molecule has 0 aliphatic heterocycles. The molecule has 0 heterocycles. The molecule has 0 aromatic heterocycles. The maximum atomic E-state index is 11.4. The van der Waals surface area contributed by atoms with Crippen molar-refractivity contribution in [3.63, 3.8) is 0 Å². The van der Waals surface area contributed by atoms with Crippen molar-refractivity contribution < 1.29 is 9.90 Å². The lowest BCUT2D eigenvalue weighted by Crippen LogP contribution is -1.95. The Morgan fingerprint density at radius 3 is 2.15 bits per heavy atom. The molecule has 1 N–H and O–H groups in total. The molecule has 0 bridgehead atoms. The van der Waals surface area contributed by atoms with Crippen LogP contribution in [0, 0.1) is 0 Å². The van der Waals surface area contributed by atoms with Gasteiger partial charge in [-0.3, -0.25) is 4.79 Å². The van der Waals surface area contributed by atoms with Crippen LogP contribution in [0.4, 0.5) is 0 Å².